The van der Waals surface area contributed by atoms with Gasteiger partial charge in [0.2, 0.25) is 5.91 Å². The van der Waals surface area contributed by atoms with E-state index in [-0.39, 0.29) is 5.91 Å². The van der Waals surface area contributed by atoms with Crippen LogP contribution in [-0.2, 0) is 4.79 Å². The third-order valence-electron chi connectivity index (χ3n) is 1.96. The topological polar surface area (TPSA) is 80.9 Å². The van der Waals surface area contributed by atoms with Crippen LogP contribution < -0.4 is 11.3 Å². The van der Waals surface area contributed by atoms with Crippen LogP contribution in [0.15, 0.2) is 17.4 Å². The molecule has 0 aromatic carbocycles. The van der Waals surface area contributed by atoms with Crippen molar-refractivity contribution in [1.82, 2.24) is 15.4 Å². The molecule has 0 aliphatic carbocycles. The minimum absolute atomic E-state index is 0.114. The maximum atomic E-state index is 10.8. The summed E-state index contributed by atoms with van der Waals surface area (Å²) in [5.41, 5.74) is 3.08. The quantitative estimate of drug-likeness (QED) is 0.194. The lowest BCUT2D eigenvalue weighted by molar-refractivity contribution is -0.121. The lowest BCUT2D eigenvalue weighted by atomic mass is 10.2. The van der Waals surface area contributed by atoms with E-state index in [1.165, 1.54) is 0 Å². The van der Waals surface area contributed by atoms with Crippen LogP contribution >= 0.6 is 11.8 Å². The van der Waals surface area contributed by atoms with E-state index in [2.05, 4.69) is 15.4 Å². The van der Waals surface area contributed by atoms with Crippen molar-refractivity contribution in [1.29, 1.82) is 0 Å². The molecule has 1 rings (SSSR count). The van der Waals surface area contributed by atoms with Gasteiger partial charge >= 0.3 is 0 Å². The molecule has 1 heterocycles. The van der Waals surface area contributed by atoms with E-state index in [1.54, 1.807) is 18.0 Å². The zero-order chi connectivity index (χ0) is 11.8. The number of aromatic nitrogens is 2. The summed E-state index contributed by atoms with van der Waals surface area (Å²) in [6.45, 7) is 1.94. The van der Waals surface area contributed by atoms with Crippen LogP contribution in [0.1, 0.15) is 25.0 Å². The maximum Gasteiger partial charge on any atom is 0.233 e. The highest BCUT2D eigenvalue weighted by atomic mass is 32.2. The van der Waals surface area contributed by atoms with Gasteiger partial charge in [-0.15, -0.1) is 0 Å². The van der Waals surface area contributed by atoms with Crippen LogP contribution in [0.4, 0.5) is 0 Å². The Labute approximate surface area is 99.2 Å². The predicted octanol–water partition coefficient (Wildman–Crippen LogP) is 1.04. The maximum absolute atomic E-state index is 10.8. The monoisotopic (exact) mass is 240 g/mol. The number of nitrogens with one attached hydrogen (secondary N) is 1. The average Bonchev–Trinajstić information content (AvgIpc) is 2.28. The molecule has 3 N–H and O–H groups in total. The predicted molar refractivity (Wildman–Crippen MR) is 63.7 cm³/mol. The number of hydrogen-bond acceptors (Lipinski definition) is 5. The highest BCUT2D eigenvalue weighted by Crippen LogP contribution is 2.14. The molecular weight excluding hydrogens is 224 g/mol. The molecule has 0 saturated carbocycles. The fourth-order valence-electron chi connectivity index (χ4n) is 1.12. The highest BCUT2D eigenvalue weighted by molar-refractivity contribution is 7.99. The van der Waals surface area contributed by atoms with Crippen LogP contribution in [0.5, 0.6) is 0 Å². The van der Waals surface area contributed by atoms with E-state index in [9.17, 15) is 4.79 Å². The van der Waals surface area contributed by atoms with Crippen molar-refractivity contribution >= 4 is 17.7 Å². The number of thioether (sulfide) groups is 1. The van der Waals surface area contributed by atoms with E-state index < -0.39 is 0 Å². The lowest BCUT2D eigenvalue weighted by Crippen LogP contribution is -2.29. The van der Waals surface area contributed by atoms with Gasteiger partial charge < -0.3 is 0 Å². The third-order valence-corrected chi connectivity index (χ3v) is 2.91. The first-order valence-electron chi connectivity index (χ1n) is 5.14. The van der Waals surface area contributed by atoms with Crippen molar-refractivity contribution in [3.8, 4) is 0 Å². The van der Waals surface area contributed by atoms with Crippen LogP contribution in [0.3, 0.4) is 0 Å². The Kier molecular flexibility index (Phi) is 5.81. The molecule has 16 heavy (non-hydrogen) atoms. The van der Waals surface area contributed by atoms with Crippen LogP contribution in [-0.4, -0.2) is 21.6 Å². The molecule has 1 aromatic rings. The Bertz CT molecular complexity index is 345. The first-order chi connectivity index (χ1) is 7.72. The van der Waals surface area contributed by atoms with Gasteiger partial charge in [-0.2, -0.15) is 0 Å². The van der Waals surface area contributed by atoms with Crippen molar-refractivity contribution < 1.29 is 4.79 Å². The van der Waals surface area contributed by atoms with Crippen molar-refractivity contribution in [2.24, 2.45) is 5.84 Å². The first-order valence-corrected chi connectivity index (χ1v) is 6.13. The Morgan fingerprint density at radius 2 is 2.38 bits per heavy atom. The number of amides is 1. The van der Waals surface area contributed by atoms with Gasteiger partial charge in [-0.05, 0) is 25.8 Å². The SMILES string of the molecule is Cc1ccnc(SCCCCC(=O)NN)n1. The average molecular weight is 240 g/mol. The van der Waals surface area contributed by atoms with E-state index in [1.807, 2.05) is 13.0 Å². The number of hydrogen-bond donors (Lipinski definition) is 2. The molecule has 1 aromatic heterocycles. The molecule has 0 unspecified atom stereocenters. The fourth-order valence-corrected chi connectivity index (χ4v) is 1.99. The summed E-state index contributed by atoms with van der Waals surface area (Å²) in [5, 5.41) is 0.795. The molecule has 6 heteroatoms. The van der Waals surface area contributed by atoms with Gasteiger partial charge in [-0.1, -0.05) is 11.8 Å². The van der Waals surface area contributed by atoms with Crippen LogP contribution in [0.25, 0.3) is 0 Å². The highest BCUT2D eigenvalue weighted by Gasteiger charge is 2.00. The normalized spacial score (nSPS) is 10.1. The van der Waals surface area contributed by atoms with Gasteiger partial charge in [0, 0.05) is 24.1 Å². The summed E-state index contributed by atoms with van der Waals surface area (Å²) in [5.74, 6) is 5.77. The molecule has 0 spiro atoms. The second kappa shape index (κ2) is 7.19. The molecule has 0 aliphatic heterocycles. The first kappa shape index (κ1) is 12.9. The zero-order valence-electron chi connectivity index (χ0n) is 9.27. The summed E-state index contributed by atoms with van der Waals surface area (Å²) in [7, 11) is 0. The van der Waals surface area contributed by atoms with Crippen LogP contribution in [0.2, 0.25) is 0 Å². The van der Waals surface area contributed by atoms with E-state index in [0.717, 1.165) is 29.4 Å². The van der Waals surface area contributed by atoms with Crippen LogP contribution in [0, 0.1) is 6.92 Å². The smallest absolute Gasteiger partial charge is 0.233 e. The second-order valence-corrected chi connectivity index (χ2v) is 4.42. The molecule has 0 saturated heterocycles. The van der Waals surface area contributed by atoms with Gasteiger partial charge in [-0.25, -0.2) is 15.8 Å². The van der Waals surface area contributed by atoms with E-state index >= 15 is 0 Å². The Morgan fingerprint density at radius 1 is 1.56 bits per heavy atom. The molecule has 88 valence electrons. The number of unbranched alkanes of at least 4 members (excludes halogenated alkanes) is 1. The van der Waals surface area contributed by atoms with Crippen molar-refractivity contribution in [2.45, 2.75) is 31.3 Å². The number of nitrogens with two attached hydrogens (primary N) is 1. The number of nitrogens with zero attached hydrogens (tertiary/aromatic N) is 2. The van der Waals surface area contributed by atoms with Crippen molar-refractivity contribution in [2.75, 3.05) is 5.75 Å². The summed E-state index contributed by atoms with van der Waals surface area (Å²) >= 11 is 1.61. The number of aryl methyl sites for hydroxylation is 1. The van der Waals surface area contributed by atoms with Gasteiger partial charge in [0.05, 0.1) is 0 Å². The van der Waals surface area contributed by atoms with Gasteiger partial charge in [0.1, 0.15) is 0 Å². The number of carbonyl (C=O) groups is 1. The minimum Gasteiger partial charge on any atom is -0.294 e. The third kappa shape index (κ3) is 5.09. The fraction of sp³-hybridized carbons (Fsp3) is 0.500. The van der Waals surface area contributed by atoms with E-state index in [0.29, 0.717) is 6.42 Å². The summed E-state index contributed by atoms with van der Waals surface area (Å²) in [4.78, 5) is 19.2. The minimum atomic E-state index is -0.114. The molecule has 0 aliphatic rings. The Hall–Kier alpha value is -1.14. The summed E-state index contributed by atoms with van der Waals surface area (Å²) < 4.78 is 0. The van der Waals surface area contributed by atoms with Crippen molar-refractivity contribution in [3.05, 3.63) is 18.0 Å². The molecule has 0 atom stereocenters. The number of carbonyl (C=O) groups excluding carboxylic acids is 1. The van der Waals surface area contributed by atoms with Gasteiger partial charge in [0.15, 0.2) is 5.16 Å². The molecule has 0 fully saturated rings. The summed E-state index contributed by atoms with van der Waals surface area (Å²) in [6, 6.07) is 1.87. The van der Waals surface area contributed by atoms with Crippen molar-refractivity contribution in [3.63, 3.8) is 0 Å². The second-order valence-electron chi connectivity index (χ2n) is 3.35. The van der Waals surface area contributed by atoms with Gasteiger partial charge in [-0.3, -0.25) is 10.2 Å². The standard InChI is InChI=1S/C10H16N4OS/c1-8-5-6-12-10(13-8)16-7-3-2-4-9(15)14-11/h5-6H,2-4,7,11H2,1H3,(H,14,15). The Balaban J connectivity index is 2.14. The van der Waals surface area contributed by atoms with E-state index in [4.69, 9.17) is 5.84 Å². The molecule has 1 amide bonds. The molecule has 5 nitrogen and oxygen atoms in total. The van der Waals surface area contributed by atoms with Gasteiger partial charge in [0.25, 0.3) is 0 Å². The Morgan fingerprint density at radius 3 is 3.06 bits per heavy atom. The molecular formula is C10H16N4OS. The summed E-state index contributed by atoms with van der Waals surface area (Å²) in [6.07, 6.45) is 4.02. The molecule has 0 radical (unpaired) electrons. The molecule has 0 bridgehead atoms. The number of rotatable bonds is 6. The lowest BCUT2D eigenvalue weighted by Gasteiger charge is -2.01. The largest absolute Gasteiger partial charge is 0.294 e. The number of hydrazine groups is 1. The zero-order valence-corrected chi connectivity index (χ0v) is 10.1.